The fourth-order valence-electron chi connectivity index (χ4n) is 0. The SMILES string of the molecule is Br.COP. The smallest absolute Gasteiger partial charge is 0.0391 e. The van der Waals surface area contributed by atoms with Gasteiger partial charge in [0.25, 0.3) is 0 Å². The van der Waals surface area contributed by atoms with Gasteiger partial charge in [-0.2, -0.15) is 0 Å². The largest absolute Gasteiger partial charge is 0.369 e. The standard InChI is InChI=1S/CH5OP.BrH/c1-2-3;/h3H2,1H3;1H. The molecule has 28 valence electrons. The van der Waals surface area contributed by atoms with Gasteiger partial charge in [-0.25, -0.2) is 0 Å². The molecular formula is CH6BrOP. The molecule has 1 atom stereocenters. The van der Waals surface area contributed by atoms with Gasteiger partial charge in [-0.3, -0.25) is 0 Å². The first kappa shape index (κ1) is 8.85. The molecule has 0 aromatic carbocycles. The second-order valence-corrected chi connectivity index (χ2v) is 0.707. The Morgan fingerprint density at radius 2 is 1.75 bits per heavy atom. The maximum Gasteiger partial charge on any atom is 0.0391 e. The summed E-state index contributed by atoms with van der Waals surface area (Å²) in [5.41, 5.74) is 0. The number of halogens is 1. The van der Waals surface area contributed by atoms with Crippen molar-refractivity contribution < 1.29 is 4.52 Å². The molecule has 0 aliphatic carbocycles. The summed E-state index contributed by atoms with van der Waals surface area (Å²) >= 11 is 0. The van der Waals surface area contributed by atoms with E-state index in [0.29, 0.717) is 0 Å². The van der Waals surface area contributed by atoms with Crippen molar-refractivity contribution in [2.45, 2.75) is 0 Å². The minimum absolute atomic E-state index is 0. The average molecular weight is 145 g/mol. The highest BCUT2D eigenvalue weighted by molar-refractivity contribution is 8.93. The van der Waals surface area contributed by atoms with Gasteiger partial charge >= 0.3 is 0 Å². The average Bonchev–Trinajstić information content (AvgIpc) is 0.918. The lowest BCUT2D eigenvalue weighted by Gasteiger charge is -1.60. The Morgan fingerprint density at radius 1 is 1.75 bits per heavy atom. The Bertz CT molecular complexity index is 8.00. The zero-order valence-corrected chi connectivity index (χ0v) is 5.26. The van der Waals surface area contributed by atoms with Gasteiger partial charge in [-0.1, -0.05) is 0 Å². The molecule has 3 heteroatoms. The first-order valence-corrected chi connectivity index (χ1v) is 1.12. The van der Waals surface area contributed by atoms with Crippen LogP contribution in [0.2, 0.25) is 0 Å². The molecule has 0 aliphatic rings. The summed E-state index contributed by atoms with van der Waals surface area (Å²) in [5, 5.41) is 0. The molecule has 0 N–H and O–H groups in total. The molecule has 0 fully saturated rings. The van der Waals surface area contributed by atoms with Crippen molar-refractivity contribution in [3.63, 3.8) is 0 Å². The van der Waals surface area contributed by atoms with Crippen molar-refractivity contribution in [3.8, 4) is 0 Å². The van der Waals surface area contributed by atoms with Crippen molar-refractivity contribution in [2.24, 2.45) is 0 Å². The molecule has 1 unspecified atom stereocenters. The number of rotatable bonds is 0. The third-order valence-electron chi connectivity index (χ3n) is 0. The first-order chi connectivity index (χ1) is 1.41. The van der Waals surface area contributed by atoms with Crippen molar-refractivity contribution in [2.75, 3.05) is 7.11 Å². The van der Waals surface area contributed by atoms with Gasteiger partial charge in [0.05, 0.1) is 0 Å². The predicted molar refractivity (Wildman–Crippen MR) is 27.0 cm³/mol. The monoisotopic (exact) mass is 144 g/mol. The maximum atomic E-state index is 4.17. The third kappa shape index (κ3) is 13.3. The molecular weight excluding hydrogens is 139 g/mol. The summed E-state index contributed by atoms with van der Waals surface area (Å²) in [6.45, 7) is 0. The Hall–Kier alpha value is 0.870. The van der Waals surface area contributed by atoms with E-state index in [0.717, 1.165) is 0 Å². The van der Waals surface area contributed by atoms with E-state index < -0.39 is 0 Å². The molecule has 0 spiro atoms. The first-order valence-electron chi connectivity index (χ1n) is 0.644. The fourth-order valence-corrected chi connectivity index (χ4v) is 0. The molecule has 0 aromatic heterocycles. The Kier molecular flexibility index (Phi) is 20.2. The van der Waals surface area contributed by atoms with Crippen LogP contribution in [0.4, 0.5) is 0 Å². The Balaban J connectivity index is 0. The second kappa shape index (κ2) is 9.12. The van der Waals surface area contributed by atoms with Crippen LogP contribution in [0.25, 0.3) is 0 Å². The van der Waals surface area contributed by atoms with Crippen LogP contribution in [-0.2, 0) is 4.52 Å². The molecule has 0 rings (SSSR count). The zero-order chi connectivity index (χ0) is 2.71. The van der Waals surface area contributed by atoms with Gasteiger partial charge in [0.1, 0.15) is 0 Å². The van der Waals surface area contributed by atoms with Gasteiger partial charge in [0, 0.05) is 7.11 Å². The van der Waals surface area contributed by atoms with E-state index in [1.807, 2.05) is 0 Å². The molecule has 0 amide bonds. The van der Waals surface area contributed by atoms with Crippen LogP contribution in [0.15, 0.2) is 0 Å². The van der Waals surface area contributed by atoms with E-state index in [-0.39, 0.29) is 17.0 Å². The lowest BCUT2D eigenvalue weighted by Crippen LogP contribution is -1.37. The van der Waals surface area contributed by atoms with E-state index in [1.54, 1.807) is 7.11 Å². The maximum absolute atomic E-state index is 4.17. The molecule has 0 aromatic rings. The molecule has 0 aliphatic heterocycles. The van der Waals surface area contributed by atoms with Gasteiger partial charge in [-0.05, 0) is 9.47 Å². The van der Waals surface area contributed by atoms with Crippen molar-refractivity contribution in [1.29, 1.82) is 0 Å². The zero-order valence-electron chi connectivity index (χ0n) is 2.39. The van der Waals surface area contributed by atoms with Crippen LogP contribution in [0.1, 0.15) is 0 Å². The van der Waals surface area contributed by atoms with Gasteiger partial charge in [-0.15, -0.1) is 17.0 Å². The van der Waals surface area contributed by atoms with E-state index in [4.69, 9.17) is 0 Å². The van der Waals surface area contributed by atoms with Crippen LogP contribution in [-0.4, -0.2) is 7.11 Å². The highest BCUT2D eigenvalue weighted by atomic mass is 79.9. The van der Waals surface area contributed by atoms with Crippen LogP contribution >= 0.6 is 26.4 Å². The number of hydrogen-bond donors (Lipinski definition) is 0. The molecule has 0 saturated heterocycles. The summed E-state index contributed by atoms with van der Waals surface area (Å²) in [6.07, 6.45) is 0. The van der Waals surface area contributed by atoms with Crippen LogP contribution in [0.3, 0.4) is 0 Å². The predicted octanol–water partition coefficient (Wildman–Crippen LogP) is 1.00. The van der Waals surface area contributed by atoms with E-state index in [2.05, 4.69) is 14.0 Å². The summed E-state index contributed by atoms with van der Waals surface area (Å²) in [7, 11) is 3.67. The molecule has 4 heavy (non-hydrogen) atoms. The lowest BCUT2D eigenvalue weighted by molar-refractivity contribution is 0.488. The summed E-state index contributed by atoms with van der Waals surface area (Å²) < 4.78 is 4.17. The highest BCUT2D eigenvalue weighted by Gasteiger charge is 1.25. The third-order valence-corrected chi connectivity index (χ3v) is 0. The highest BCUT2D eigenvalue weighted by Crippen LogP contribution is 1.68. The van der Waals surface area contributed by atoms with E-state index in [9.17, 15) is 0 Å². The normalized spacial score (nSPS) is 4.50. The quantitative estimate of drug-likeness (QED) is 0.462. The topological polar surface area (TPSA) is 9.23 Å². The van der Waals surface area contributed by atoms with Crippen LogP contribution in [0.5, 0.6) is 0 Å². The molecule has 0 saturated carbocycles. The minimum atomic E-state index is 0. The van der Waals surface area contributed by atoms with Gasteiger partial charge in [0.15, 0.2) is 0 Å². The molecule has 0 radical (unpaired) electrons. The van der Waals surface area contributed by atoms with E-state index in [1.165, 1.54) is 0 Å². The minimum Gasteiger partial charge on any atom is -0.369 e. The summed E-state index contributed by atoms with van der Waals surface area (Å²) in [4.78, 5) is 0. The molecule has 1 nitrogen and oxygen atoms in total. The second-order valence-electron chi connectivity index (χ2n) is 0.236. The molecule has 0 bridgehead atoms. The summed E-state index contributed by atoms with van der Waals surface area (Å²) in [6, 6.07) is 0. The van der Waals surface area contributed by atoms with Crippen LogP contribution in [0, 0.1) is 0 Å². The Morgan fingerprint density at radius 3 is 1.75 bits per heavy atom. The van der Waals surface area contributed by atoms with Crippen molar-refractivity contribution >= 4 is 26.4 Å². The molecule has 0 heterocycles. The summed E-state index contributed by atoms with van der Waals surface area (Å²) in [5.74, 6) is 0. The van der Waals surface area contributed by atoms with E-state index >= 15 is 0 Å². The lowest BCUT2D eigenvalue weighted by atomic mass is 11.8. The number of hydrogen-bond acceptors (Lipinski definition) is 1. The van der Waals surface area contributed by atoms with Crippen LogP contribution < -0.4 is 0 Å². The van der Waals surface area contributed by atoms with Crippen molar-refractivity contribution in [1.82, 2.24) is 0 Å². The fraction of sp³-hybridized carbons (Fsp3) is 1.00. The van der Waals surface area contributed by atoms with Gasteiger partial charge in [0.2, 0.25) is 0 Å². The van der Waals surface area contributed by atoms with Gasteiger partial charge < -0.3 is 4.52 Å². The van der Waals surface area contributed by atoms with Crippen molar-refractivity contribution in [3.05, 3.63) is 0 Å². The Labute approximate surface area is 38.8 Å².